The van der Waals surface area contributed by atoms with Gasteiger partial charge in [-0.2, -0.15) is 0 Å². The molecule has 0 bridgehead atoms. The van der Waals surface area contributed by atoms with Crippen LogP contribution in [-0.4, -0.2) is 43.0 Å². The number of carbonyl (C=O) groups is 2. The Morgan fingerprint density at radius 1 is 1.06 bits per heavy atom. The highest BCUT2D eigenvalue weighted by Gasteiger charge is 2.26. The van der Waals surface area contributed by atoms with Crippen molar-refractivity contribution in [1.82, 2.24) is 10.3 Å². The number of likely N-dealkylation sites (N-methyl/N-ethyl adjacent to an activating group) is 1. The summed E-state index contributed by atoms with van der Waals surface area (Å²) in [6.07, 6.45) is 2.72. The molecule has 35 heavy (non-hydrogen) atoms. The number of carbonyl (C=O) groups excluding carboxylic acids is 2. The third-order valence-electron chi connectivity index (χ3n) is 6.39. The van der Waals surface area contributed by atoms with Crippen LogP contribution in [0.4, 0.5) is 17.1 Å². The molecular formula is C28H29N5O2. The number of para-hydroxylation sites is 2. The summed E-state index contributed by atoms with van der Waals surface area (Å²) in [5, 5.41) is 10.8. The second-order valence-corrected chi connectivity index (χ2v) is 8.88. The van der Waals surface area contributed by atoms with E-state index >= 15 is 0 Å². The van der Waals surface area contributed by atoms with Gasteiger partial charge >= 0.3 is 0 Å². The number of aromatic amines is 1. The number of benzene rings is 3. The summed E-state index contributed by atoms with van der Waals surface area (Å²) in [6, 6.07) is 21.8. The van der Waals surface area contributed by atoms with E-state index < -0.39 is 0 Å². The molecule has 178 valence electrons. The van der Waals surface area contributed by atoms with Crippen LogP contribution in [0.5, 0.6) is 0 Å². The number of nitrogens with one attached hydrogen (secondary N) is 4. The smallest absolute Gasteiger partial charge is 0.258 e. The van der Waals surface area contributed by atoms with Crippen LogP contribution in [0.3, 0.4) is 0 Å². The van der Waals surface area contributed by atoms with Crippen LogP contribution in [0.25, 0.3) is 22.0 Å². The maximum atomic E-state index is 13.8. The average molecular weight is 468 g/mol. The lowest BCUT2D eigenvalue weighted by Gasteiger charge is -2.23. The third kappa shape index (κ3) is 4.63. The maximum absolute atomic E-state index is 13.8. The van der Waals surface area contributed by atoms with Gasteiger partial charge in [0, 0.05) is 54.6 Å². The van der Waals surface area contributed by atoms with E-state index in [4.69, 9.17) is 0 Å². The molecule has 1 unspecified atom stereocenters. The van der Waals surface area contributed by atoms with Crippen molar-refractivity contribution >= 4 is 39.8 Å². The zero-order valence-corrected chi connectivity index (χ0v) is 19.9. The van der Waals surface area contributed by atoms with E-state index in [0.717, 1.165) is 46.4 Å². The number of aromatic nitrogens is 1. The second kappa shape index (κ2) is 9.64. The van der Waals surface area contributed by atoms with E-state index in [0.29, 0.717) is 17.8 Å². The van der Waals surface area contributed by atoms with Gasteiger partial charge in [0.1, 0.15) is 0 Å². The molecule has 1 aliphatic heterocycles. The predicted octanol–water partition coefficient (Wildman–Crippen LogP) is 4.84. The van der Waals surface area contributed by atoms with Crippen molar-refractivity contribution < 1.29 is 9.59 Å². The predicted molar refractivity (Wildman–Crippen MR) is 142 cm³/mol. The number of amides is 2. The quantitative estimate of drug-likeness (QED) is 0.338. The Morgan fingerprint density at radius 3 is 2.74 bits per heavy atom. The molecule has 0 saturated carbocycles. The van der Waals surface area contributed by atoms with E-state index in [9.17, 15) is 9.59 Å². The Balaban J connectivity index is 1.52. The van der Waals surface area contributed by atoms with Crippen molar-refractivity contribution in [2.45, 2.75) is 19.4 Å². The number of H-pyrrole nitrogens is 1. The summed E-state index contributed by atoms with van der Waals surface area (Å²) in [4.78, 5) is 30.8. The van der Waals surface area contributed by atoms with E-state index in [1.807, 2.05) is 72.7 Å². The first-order chi connectivity index (χ1) is 17.0. The highest BCUT2D eigenvalue weighted by atomic mass is 16.2. The zero-order chi connectivity index (χ0) is 24.4. The van der Waals surface area contributed by atoms with Crippen molar-refractivity contribution in [3.05, 3.63) is 78.5 Å². The molecule has 2 amide bonds. The molecule has 4 N–H and O–H groups in total. The van der Waals surface area contributed by atoms with Gasteiger partial charge in [0.15, 0.2) is 0 Å². The van der Waals surface area contributed by atoms with Crippen LogP contribution in [-0.2, 0) is 4.79 Å². The number of fused-ring (bicyclic) bond motifs is 2. The van der Waals surface area contributed by atoms with E-state index in [1.54, 1.807) is 6.07 Å². The van der Waals surface area contributed by atoms with E-state index in [-0.39, 0.29) is 17.9 Å². The van der Waals surface area contributed by atoms with E-state index in [1.165, 1.54) is 6.92 Å². The zero-order valence-electron chi connectivity index (χ0n) is 19.9. The second-order valence-electron chi connectivity index (χ2n) is 8.88. The van der Waals surface area contributed by atoms with Gasteiger partial charge in [-0.3, -0.25) is 9.59 Å². The molecule has 1 aromatic heterocycles. The number of anilines is 3. The number of rotatable bonds is 5. The first kappa shape index (κ1) is 22.7. The molecule has 0 fully saturated rings. The Labute approximate surface area is 204 Å². The molecule has 0 saturated heterocycles. The molecule has 1 atom stereocenters. The minimum Gasteiger partial charge on any atom is -0.379 e. The lowest BCUT2D eigenvalue weighted by atomic mass is 9.99. The Bertz CT molecular complexity index is 1390. The SMILES string of the molecule is CNCC1CCN(C(=O)c2ccc(-c3ccc4[nH]ccc4c3)c(NC(C)=O)c2)c2ccccc2N1. The molecular weight excluding hydrogens is 438 g/mol. The minimum absolute atomic E-state index is 0.0939. The van der Waals surface area contributed by atoms with Crippen molar-refractivity contribution in [3.8, 4) is 11.1 Å². The fourth-order valence-corrected chi connectivity index (χ4v) is 4.74. The molecule has 0 spiro atoms. The normalized spacial score (nSPS) is 15.3. The monoisotopic (exact) mass is 467 g/mol. The van der Waals surface area contributed by atoms with Crippen LogP contribution < -0.4 is 20.9 Å². The standard InChI is InChI=1S/C28H29N5O2/c1-18(34)31-26-16-21(7-9-23(26)19-8-10-24-20(15-19)11-13-30-24)28(35)33-14-12-22(17-29-2)32-25-5-3-4-6-27(25)33/h3-11,13,15-16,22,29-30,32H,12,14,17H2,1-2H3,(H,31,34). The van der Waals surface area contributed by atoms with E-state index in [2.05, 4.69) is 27.0 Å². The van der Waals surface area contributed by atoms with Gasteiger partial charge in [0.2, 0.25) is 5.91 Å². The summed E-state index contributed by atoms with van der Waals surface area (Å²) in [5.41, 5.74) is 5.84. The first-order valence-corrected chi connectivity index (χ1v) is 11.8. The molecule has 5 rings (SSSR count). The maximum Gasteiger partial charge on any atom is 0.258 e. The largest absolute Gasteiger partial charge is 0.379 e. The van der Waals surface area contributed by atoms with Gasteiger partial charge in [-0.05, 0) is 66.9 Å². The number of hydrogen-bond acceptors (Lipinski definition) is 4. The molecule has 0 radical (unpaired) electrons. The van der Waals surface area contributed by atoms with Crippen LogP contribution >= 0.6 is 0 Å². The lowest BCUT2D eigenvalue weighted by Crippen LogP contribution is -2.34. The summed E-state index contributed by atoms with van der Waals surface area (Å²) in [7, 11) is 1.93. The molecule has 7 heteroatoms. The third-order valence-corrected chi connectivity index (χ3v) is 6.39. The van der Waals surface area contributed by atoms with Crippen LogP contribution in [0, 0.1) is 0 Å². The highest BCUT2D eigenvalue weighted by molar-refractivity contribution is 6.09. The molecule has 0 aliphatic carbocycles. The summed E-state index contributed by atoms with van der Waals surface area (Å²) < 4.78 is 0. The average Bonchev–Trinajstić information content (AvgIpc) is 3.24. The lowest BCUT2D eigenvalue weighted by molar-refractivity contribution is -0.114. The fraction of sp³-hybridized carbons (Fsp3) is 0.214. The topological polar surface area (TPSA) is 89.3 Å². The van der Waals surface area contributed by atoms with Crippen LogP contribution in [0.15, 0.2) is 72.9 Å². The molecule has 4 aromatic rings. The van der Waals surface area contributed by atoms with Crippen molar-refractivity contribution in [2.75, 3.05) is 35.7 Å². The van der Waals surface area contributed by atoms with Crippen LogP contribution in [0.2, 0.25) is 0 Å². The molecule has 2 heterocycles. The Morgan fingerprint density at radius 2 is 1.91 bits per heavy atom. The Hall–Kier alpha value is -4.10. The Kier molecular flexibility index (Phi) is 6.25. The molecule has 1 aliphatic rings. The summed E-state index contributed by atoms with van der Waals surface area (Å²) in [5.74, 6) is -0.276. The van der Waals surface area contributed by atoms with Gasteiger partial charge in [0.25, 0.3) is 5.91 Å². The van der Waals surface area contributed by atoms with Gasteiger partial charge in [-0.1, -0.05) is 24.3 Å². The van der Waals surface area contributed by atoms with Crippen LogP contribution in [0.1, 0.15) is 23.7 Å². The summed E-state index contributed by atoms with van der Waals surface area (Å²) >= 11 is 0. The van der Waals surface area contributed by atoms with Gasteiger partial charge < -0.3 is 25.8 Å². The summed E-state index contributed by atoms with van der Waals surface area (Å²) in [6.45, 7) is 2.88. The van der Waals surface area contributed by atoms with Crippen molar-refractivity contribution in [3.63, 3.8) is 0 Å². The first-order valence-electron chi connectivity index (χ1n) is 11.8. The van der Waals surface area contributed by atoms with Crippen molar-refractivity contribution in [2.24, 2.45) is 0 Å². The number of hydrogen-bond donors (Lipinski definition) is 4. The van der Waals surface area contributed by atoms with Gasteiger partial charge in [0.05, 0.1) is 11.4 Å². The number of nitrogens with zero attached hydrogens (tertiary/aromatic N) is 1. The van der Waals surface area contributed by atoms with Gasteiger partial charge in [-0.25, -0.2) is 0 Å². The molecule has 3 aromatic carbocycles. The van der Waals surface area contributed by atoms with Gasteiger partial charge in [-0.15, -0.1) is 0 Å². The molecule has 7 nitrogen and oxygen atoms in total. The fourth-order valence-electron chi connectivity index (χ4n) is 4.74. The highest BCUT2D eigenvalue weighted by Crippen LogP contribution is 2.34. The minimum atomic E-state index is -0.183. The van der Waals surface area contributed by atoms with Crippen molar-refractivity contribution in [1.29, 1.82) is 0 Å².